The molecule has 0 radical (unpaired) electrons. The zero-order chi connectivity index (χ0) is 30.1. The monoisotopic (exact) mass is 599 g/mol. The van der Waals surface area contributed by atoms with Crippen molar-refractivity contribution in [1.29, 1.82) is 0 Å². The van der Waals surface area contributed by atoms with Crippen LogP contribution in [0.5, 0.6) is 0 Å². The van der Waals surface area contributed by atoms with E-state index in [4.69, 9.17) is 11.6 Å². The van der Waals surface area contributed by atoms with Crippen molar-refractivity contribution in [3.05, 3.63) is 130 Å². The first-order chi connectivity index (χ1) is 20.2. The normalized spacial score (nSPS) is 11.0. The van der Waals surface area contributed by atoms with Crippen LogP contribution < -0.4 is 16.0 Å². The molecule has 0 aliphatic heterocycles. The maximum atomic E-state index is 13.2. The number of hydrogen-bond acceptors (Lipinski definition) is 5. The van der Waals surface area contributed by atoms with Gasteiger partial charge in [0.25, 0.3) is 11.8 Å². The Morgan fingerprint density at radius 2 is 1.55 bits per heavy atom. The summed E-state index contributed by atoms with van der Waals surface area (Å²) in [6.07, 6.45) is 1.62. The molecule has 0 saturated heterocycles. The van der Waals surface area contributed by atoms with Gasteiger partial charge < -0.3 is 21.1 Å². The number of carbonyl (C=O) groups is 4. The van der Waals surface area contributed by atoms with Gasteiger partial charge in [-0.05, 0) is 73.2 Å². The van der Waals surface area contributed by atoms with Gasteiger partial charge in [-0.2, -0.15) is 0 Å². The number of halogens is 1. The Morgan fingerprint density at radius 1 is 0.833 bits per heavy atom. The molecule has 0 heterocycles. The second-order valence-corrected chi connectivity index (χ2v) is 10.6. The first kappa shape index (κ1) is 30.1. The van der Waals surface area contributed by atoms with Crippen molar-refractivity contribution in [2.45, 2.75) is 11.8 Å². The second-order valence-electron chi connectivity index (χ2n) is 9.11. The van der Waals surface area contributed by atoms with Crippen LogP contribution in [0.15, 0.2) is 108 Å². The number of benzene rings is 4. The molecule has 10 heteroatoms. The van der Waals surface area contributed by atoms with Gasteiger partial charge in [-0.3, -0.25) is 14.4 Å². The summed E-state index contributed by atoms with van der Waals surface area (Å²) in [5.41, 5.74) is 3.00. The lowest BCUT2D eigenvalue weighted by Crippen LogP contribution is -2.30. The van der Waals surface area contributed by atoms with E-state index in [1.54, 1.807) is 60.7 Å². The van der Waals surface area contributed by atoms with E-state index in [0.29, 0.717) is 16.9 Å². The van der Waals surface area contributed by atoms with Crippen molar-refractivity contribution >= 4 is 64.5 Å². The van der Waals surface area contributed by atoms with E-state index in [1.165, 1.54) is 30.0 Å². The average Bonchev–Trinajstić information content (AvgIpc) is 2.97. The summed E-state index contributed by atoms with van der Waals surface area (Å²) < 4.78 is 0. The lowest BCUT2D eigenvalue weighted by Gasteiger charge is -2.12. The standard InChI is InChI=1S/C32H26ClN3O5S/c1-20-6-5-7-21(16-20)17-28(36-30(38)22-8-3-2-4-9-22)31(39)35-23-10-13-25(14-11-23)42-19-29(37)34-24-12-15-27(33)26(18-24)32(40)41/h2-18H,19H2,1H3,(H,34,37)(H,35,39)(H,36,38)(H,40,41)/b28-17-. The highest BCUT2D eigenvalue weighted by molar-refractivity contribution is 8.00. The third-order valence-electron chi connectivity index (χ3n) is 5.84. The highest BCUT2D eigenvalue weighted by Gasteiger charge is 2.16. The highest BCUT2D eigenvalue weighted by Crippen LogP contribution is 2.23. The molecule has 4 rings (SSSR count). The molecule has 3 amide bonds. The molecule has 4 aromatic rings. The molecule has 0 saturated carbocycles. The predicted molar refractivity (Wildman–Crippen MR) is 166 cm³/mol. The number of carboxylic acid groups (broad SMARTS) is 1. The van der Waals surface area contributed by atoms with Gasteiger partial charge >= 0.3 is 5.97 Å². The van der Waals surface area contributed by atoms with E-state index in [-0.39, 0.29) is 27.9 Å². The largest absolute Gasteiger partial charge is 0.478 e. The number of thioether (sulfide) groups is 1. The number of anilines is 2. The number of nitrogens with one attached hydrogen (secondary N) is 3. The fraction of sp³-hybridized carbons (Fsp3) is 0.0625. The van der Waals surface area contributed by atoms with E-state index in [0.717, 1.165) is 16.0 Å². The Hall–Kier alpha value is -4.86. The van der Waals surface area contributed by atoms with Gasteiger partial charge in [0.1, 0.15) is 5.70 Å². The van der Waals surface area contributed by atoms with Crippen LogP contribution in [-0.2, 0) is 9.59 Å². The van der Waals surface area contributed by atoms with Crippen LogP contribution in [0.3, 0.4) is 0 Å². The van der Waals surface area contributed by atoms with Crippen molar-refractivity contribution in [2.75, 3.05) is 16.4 Å². The van der Waals surface area contributed by atoms with Gasteiger partial charge in [-0.15, -0.1) is 11.8 Å². The van der Waals surface area contributed by atoms with Gasteiger partial charge in [0.2, 0.25) is 5.91 Å². The maximum Gasteiger partial charge on any atom is 0.337 e. The Bertz CT molecular complexity index is 1660. The summed E-state index contributed by atoms with van der Waals surface area (Å²) >= 11 is 7.14. The molecule has 4 aromatic carbocycles. The molecule has 0 bridgehead atoms. The molecular formula is C32H26ClN3O5S. The second kappa shape index (κ2) is 14.2. The van der Waals surface area contributed by atoms with Gasteiger partial charge in [0.15, 0.2) is 0 Å². The van der Waals surface area contributed by atoms with E-state index in [2.05, 4.69) is 16.0 Å². The quantitative estimate of drug-likeness (QED) is 0.122. The number of carbonyl (C=O) groups excluding carboxylic acids is 3. The lowest BCUT2D eigenvalue weighted by atomic mass is 10.1. The minimum Gasteiger partial charge on any atom is -0.478 e. The molecular weight excluding hydrogens is 574 g/mol. The van der Waals surface area contributed by atoms with E-state index >= 15 is 0 Å². The molecule has 0 aliphatic carbocycles. The predicted octanol–water partition coefficient (Wildman–Crippen LogP) is 6.49. The first-order valence-corrected chi connectivity index (χ1v) is 14.1. The number of carboxylic acids is 1. The van der Waals surface area contributed by atoms with Crippen LogP contribution in [0.1, 0.15) is 31.8 Å². The Labute approximate surface area is 251 Å². The number of hydrogen-bond donors (Lipinski definition) is 4. The Balaban J connectivity index is 1.39. The van der Waals surface area contributed by atoms with Crippen LogP contribution in [0.2, 0.25) is 5.02 Å². The minimum atomic E-state index is -1.19. The number of aryl methyl sites for hydroxylation is 1. The molecule has 212 valence electrons. The summed E-state index contributed by atoms with van der Waals surface area (Å²) in [6, 6.07) is 27.3. The molecule has 0 spiro atoms. The average molecular weight is 600 g/mol. The van der Waals surface area contributed by atoms with Crippen LogP contribution >= 0.6 is 23.4 Å². The molecule has 0 atom stereocenters. The topological polar surface area (TPSA) is 125 Å². The zero-order valence-corrected chi connectivity index (χ0v) is 24.0. The number of aromatic carboxylic acids is 1. The van der Waals surface area contributed by atoms with Crippen LogP contribution in [0.25, 0.3) is 6.08 Å². The third-order valence-corrected chi connectivity index (χ3v) is 7.19. The molecule has 0 fully saturated rings. The Morgan fingerprint density at radius 3 is 2.24 bits per heavy atom. The molecule has 0 aromatic heterocycles. The summed E-state index contributed by atoms with van der Waals surface area (Å²) in [5, 5.41) is 17.5. The first-order valence-electron chi connectivity index (χ1n) is 12.7. The van der Waals surface area contributed by atoms with Gasteiger partial charge in [-0.1, -0.05) is 59.6 Å². The van der Waals surface area contributed by atoms with Crippen molar-refractivity contribution in [3.8, 4) is 0 Å². The van der Waals surface area contributed by atoms with Gasteiger partial charge in [0, 0.05) is 21.8 Å². The lowest BCUT2D eigenvalue weighted by molar-refractivity contribution is -0.114. The summed E-state index contributed by atoms with van der Waals surface area (Å²) in [6.45, 7) is 1.94. The minimum absolute atomic E-state index is 0.0750. The number of rotatable bonds is 10. The van der Waals surface area contributed by atoms with Crippen LogP contribution in [0, 0.1) is 6.92 Å². The van der Waals surface area contributed by atoms with Crippen molar-refractivity contribution < 1.29 is 24.3 Å². The van der Waals surface area contributed by atoms with Crippen LogP contribution in [-0.4, -0.2) is 34.6 Å². The maximum absolute atomic E-state index is 13.2. The fourth-order valence-electron chi connectivity index (χ4n) is 3.81. The Kier molecular flexibility index (Phi) is 10.1. The summed E-state index contributed by atoms with van der Waals surface area (Å²) in [7, 11) is 0. The van der Waals surface area contributed by atoms with Crippen molar-refractivity contribution in [1.82, 2.24) is 5.32 Å². The molecule has 0 unspecified atom stereocenters. The van der Waals surface area contributed by atoms with E-state index in [1.807, 2.05) is 31.2 Å². The third kappa shape index (κ3) is 8.57. The van der Waals surface area contributed by atoms with E-state index in [9.17, 15) is 24.3 Å². The summed E-state index contributed by atoms with van der Waals surface area (Å²) in [4.78, 5) is 50.5. The molecule has 0 aliphatic rings. The SMILES string of the molecule is Cc1cccc(/C=C(\NC(=O)c2ccccc2)C(=O)Nc2ccc(SCC(=O)Nc3ccc(Cl)c(C(=O)O)c3)cc2)c1. The van der Waals surface area contributed by atoms with Crippen molar-refractivity contribution in [2.24, 2.45) is 0 Å². The fourth-order valence-corrected chi connectivity index (χ4v) is 4.71. The van der Waals surface area contributed by atoms with E-state index < -0.39 is 17.8 Å². The van der Waals surface area contributed by atoms with Crippen molar-refractivity contribution in [3.63, 3.8) is 0 Å². The van der Waals surface area contributed by atoms with Gasteiger partial charge in [-0.25, -0.2) is 4.79 Å². The highest BCUT2D eigenvalue weighted by atomic mass is 35.5. The number of amides is 3. The molecule has 42 heavy (non-hydrogen) atoms. The van der Waals surface area contributed by atoms with Crippen LogP contribution in [0.4, 0.5) is 11.4 Å². The zero-order valence-electron chi connectivity index (χ0n) is 22.4. The smallest absolute Gasteiger partial charge is 0.337 e. The summed E-state index contributed by atoms with van der Waals surface area (Å²) in [5.74, 6) is -2.34. The van der Waals surface area contributed by atoms with Gasteiger partial charge in [0.05, 0.1) is 16.3 Å². The molecule has 8 nitrogen and oxygen atoms in total. The molecule has 4 N–H and O–H groups in total.